The van der Waals surface area contributed by atoms with Crippen molar-refractivity contribution in [3.8, 4) is 0 Å². The van der Waals surface area contributed by atoms with Crippen molar-refractivity contribution in [1.82, 2.24) is 5.32 Å². The SMILES string of the molecule is Clc1ccc(C2NCc3ccccc32)s1. The normalized spacial score (nSPS) is 19.1. The molecular weight excluding hydrogens is 226 g/mol. The van der Waals surface area contributed by atoms with Crippen LogP contribution in [0.4, 0.5) is 0 Å². The van der Waals surface area contributed by atoms with E-state index in [1.165, 1.54) is 16.0 Å². The van der Waals surface area contributed by atoms with E-state index in [2.05, 4.69) is 35.6 Å². The Bertz CT molecular complexity index is 492. The Morgan fingerprint density at radius 2 is 2.07 bits per heavy atom. The first-order valence-electron chi connectivity index (χ1n) is 4.91. The van der Waals surface area contributed by atoms with E-state index < -0.39 is 0 Å². The maximum atomic E-state index is 5.96. The first-order chi connectivity index (χ1) is 7.34. The average molecular weight is 236 g/mol. The van der Waals surface area contributed by atoms with Gasteiger partial charge in [-0.25, -0.2) is 0 Å². The third kappa shape index (κ3) is 1.59. The van der Waals surface area contributed by atoms with E-state index in [1.807, 2.05) is 6.07 Å². The van der Waals surface area contributed by atoms with Crippen LogP contribution in [-0.4, -0.2) is 0 Å². The Morgan fingerprint density at radius 3 is 2.87 bits per heavy atom. The van der Waals surface area contributed by atoms with Crippen molar-refractivity contribution in [3.63, 3.8) is 0 Å². The van der Waals surface area contributed by atoms with Gasteiger partial charge in [0, 0.05) is 11.4 Å². The van der Waals surface area contributed by atoms with Crippen molar-refractivity contribution < 1.29 is 0 Å². The number of hydrogen-bond donors (Lipinski definition) is 1. The molecule has 2 aromatic rings. The van der Waals surface area contributed by atoms with Gasteiger partial charge in [0.2, 0.25) is 0 Å². The summed E-state index contributed by atoms with van der Waals surface area (Å²) in [6.45, 7) is 0.955. The number of rotatable bonds is 1. The van der Waals surface area contributed by atoms with Gasteiger partial charge in [-0.05, 0) is 23.3 Å². The molecule has 76 valence electrons. The van der Waals surface area contributed by atoms with Gasteiger partial charge in [-0.2, -0.15) is 0 Å². The molecule has 1 unspecified atom stereocenters. The highest BCUT2D eigenvalue weighted by molar-refractivity contribution is 7.16. The highest BCUT2D eigenvalue weighted by Gasteiger charge is 2.23. The zero-order valence-electron chi connectivity index (χ0n) is 8.03. The molecule has 0 saturated carbocycles. The molecule has 0 amide bonds. The van der Waals surface area contributed by atoms with Gasteiger partial charge in [-0.3, -0.25) is 0 Å². The van der Waals surface area contributed by atoms with Crippen molar-refractivity contribution in [2.45, 2.75) is 12.6 Å². The molecule has 1 nitrogen and oxygen atoms in total. The van der Waals surface area contributed by atoms with Gasteiger partial charge in [0.1, 0.15) is 0 Å². The van der Waals surface area contributed by atoms with E-state index in [9.17, 15) is 0 Å². The van der Waals surface area contributed by atoms with Gasteiger partial charge in [-0.1, -0.05) is 35.9 Å². The first-order valence-corrected chi connectivity index (χ1v) is 6.10. The Labute approximate surface area is 97.7 Å². The molecule has 0 bridgehead atoms. The fourth-order valence-electron chi connectivity index (χ4n) is 2.04. The van der Waals surface area contributed by atoms with Crippen molar-refractivity contribution in [2.75, 3.05) is 0 Å². The van der Waals surface area contributed by atoms with Gasteiger partial charge < -0.3 is 5.32 Å². The summed E-state index contributed by atoms with van der Waals surface area (Å²) in [5, 5.41) is 3.50. The van der Waals surface area contributed by atoms with Crippen LogP contribution in [0.15, 0.2) is 36.4 Å². The van der Waals surface area contributed by atoms with Crippen molar-refractivity contribution in [3.05, 3.63) is 56.7 Å². The van der Waals surface area contributed by atoms with E-state index in [4.69, 9.17) is 11.6 Å². The third-order valence-corrected chi connectivity index (χ3v) is 4.04. The van der Waals surface area contributed by atoms with Crippen LogP contribution in [-0.2, 0) is 6.54 Å². The molecule has 1 aromatic carbocycles. The van der Waals surface area contributed by atoms with E-state index in [0.29, 0.717) is 6.04 Å². The van der Waals surface area contributed by atoms with Crippen molar-refractivity contribution >= 4 is 22.9 Å². The minimum Gasteiger partial charge on any atom is -0.301 e. The van der Waals surface area contributed by atoms with Crippen molar-refractivity contribution in [1.29, 1.82) is 0 Å². The van der Waals surface area contributed by atoms with Gasteiger partial charge in [0.15, 0.2) is 0 Å². The van der Waals surface area contributed by atoms with Crippen LogP contribution in [0.5, 0.6) is 0 Å². The number of fused-ring (bicyclic) bond motifs is 1. The zero-order valence-corrected chi connectivity index (χ0v) is 9.61. The topological polar surface area (TPSA) is 12.0 Å². The van der Waals surface area contributed by atoms with E-state index >= 15 is 0 Å². The Hall–Kier alpha value is -0.830. The molecule has 1 aliphatic heterocycles. The summed E-state index contributed by atoms with van der Waals surface area (Å²) in [6.07, 6.45) is 0. The van der Waals surface area contributed by atoms with Gasteiger partial charge >= 0.3 is 0 Å². The summed E-state index contributed by atoms with van der Waals surface area (Å²) in [6, 6.07) is 12.9. The fourth-order valence-corrected chi connectivity index (χ4v) is 3.19. The van der Waals surface area contributed by atoms with Crippen molar-refractivity contribution in [2.24, 2.45) is 0 Å². The monoisotopic (exact) mass is 235 g/mol. The number of halogens is 1. The van der Waals surface area contributed by atoms with Crippen LogP contribution in [0, 0.1) is 0 Å². The molecule has 15 heavy (non-hydrogen) atoms. The molecule has 0 spiro atoms. The van der Waals surface area contributed by atoms with Gasteiger partial charge in [-0.15, -0.1) is 11.3 Å². The van der Waals surface area contributed by atoms with Crippen LogP contribution >= 0.6 is 22.9 Å². The fraction of sp³-hybridized carbons (Fsp3) is 0.167. The van der Waals surface area contributed by atoms with Crippen LogP contribution in [0.1, 0.15) is 22.0 Å². The molecule has 0 fully saturated rings. The van der Waals surface area contributed by atoms with Gasteiger partial charge in [0.25, 0.3) is 0 Å². The lowest BCUT2D eigenvalue weighted by Crippen LogP contribution is -2.11. The maximum Gasteiger partial charge on any atom is 0.0931 e. The summed E-state index contributed by atoms with van der Waals surface area (Å²) in [5.41, 5.74) is 2.78. The maximum absolute atomic E-state index is 5.96. The molecule has 1 aliphatic rings. The highest BCUT2D eigenvalue weighted by Crippen LogP contribution is 2.35. The van der Waals surface area contributed by atoms with E-state index in [1.54, 1.807) is 11.3 Å². The number of hydrogen-bond acceptors (Lipinski definition) is 2. The minimum absolute atomic E-state index is 0.332. The second kappa shape index (κ2) is 3.63. The summed E-state index contributed by atoms with van der Waals surface area (Å²) in [5.74, 6) is 0. The molecule has 2 heterocycles. The standard InChI is InChI=1S/C12H10ClNS/c13-11-6-5-10(15-11)12-9-4-2-1-3-8(9)7-14-12/h1-6,12,14H,7H2. The Balaban J connectivity index is 2.04. The Kier molecular flexibility index (Phi) is 2.28. The predicted octanol–water partition coefficient (Wildman–Crippen LogP) is 3.59. The lowest BCUT2D eigenvalue weighted by atomic mass is 10.0. The van der Waals surface area contributed by atoms with Crippen LogP contribution in [0.3, 0.4) is 0 Å². The molecule has 0 aliphatic carbocycles. The van der Waals surface area contributed by atoms with Crippen LogP contribution < -0.4 is 5.32 Å². The second-order valence-electron chi connectivity index (χ2n) is 3.65. The summed E-state index contributed by atoms with van der Waals surface area (Å²) in [4.78, 5) is 1.30. The smallest absolute Gasteiger partial charge is 0.0931 e. The lowest BCUT2D eigenvalue weighted by Gasteiger charge is -2.08. The average Bonchev–Trinajstić information content (AvgIpc) is 2.83. The molecule has 1 N–H and O–H groups in total. The van der Waals surface area contributed by atoms with Gasteiger partial charge in [0.05, 0.1) is 10.4 Å². The lowest BCUT2D eigenvalue weighted by molar-refractivity contribution is 0.677. The molecule has 3 heteroatoms. The molecule has 3 rings (SSSR count). The summed E-state index contributed by atoms with van der Waals surface area (Å²) < 4.78 is 0.858. The van der Waals surface area contributed by atoms with E-state index in [-0.39, 0.29) is 0 Å². The predicted molar refractivity (Wildman–Crippen MR) is 64.5 cm³/mol. The second-order valence-corrected chi connectivity index (χ2v) is 5.40. The summed E-state index contributed by atoms with van der Waals surface area (Å²) in [7, 11) is 0. The number of thiophene rings is 1. The molecule has 0 radical (unpaired) electrons. The minimum atomic E-state index is 0.332. The number of benzene rings is 1. The Morgan fingerprint density at radius 1 is 1.20 bits per heavy atom. The highest BCUT2D eigenvalue weighted by atomic mass is 35.5. The largest absolute Gasteiger partial charge is 0.301 e. The summed E-state index contributed by atoms with van der Waals surface area (Å²) >= 11 is 7.61. The van der Waals surface area contributed by atoms with Crippen LogP contribution in [0.2, 0.25) is 4.34 Å². The third-order valence-electron chi connectivity index (χ3n) is 2.74. The zero-order chi connectivity index (χ0) is 10.3. The molecule has 1 aromatic heterocycles. The molecule has 0 saturated heterocycles. The number of nitrogens with one attached hydrogen (secondary N) is 1. The quantitative estimate of drug-likeness (QED) is 0.797. The van der Waals surface area contributed by atoms with E-state index in [0.717, 1.165) is 10.9 Å². The first kappa shape index (κ1) is 9.40. The van der Waals surface area contributed by atoms with Crippen LogP contribution in [0.25, 0.3) is 0 Å². The molecule has 1 atom stereocenters. The molecular formula is C12H10ClNS.